The number of allylic oxidation sites excluding steroid dienone is 1. The van der Waals surface area contributed by atoms with Crippen LogP contribution >= 0.6 is 0 Å². The first-order valence-corrected chi connectivity index (χ1v) is 11.2. The molecule has 36 heavy (non-hydrogen) atoms. The molecule has 0 aromatic heterocycles. The van der Waals surface area contributed by atoms with Crippen molar-refractivity contribution in [2.45, 2.75) is 26.7 Å². The third kappa shape index (κ3) is 5.57. The number of hydrogen-bond donors (Lipinski definition) is 1. The highest BCUT2D eigenvalue weighted by molar-refractivity contribution is 5.96. The number of nitrogens with zero attached hydrogens (tertiary/aromatic N) is 2. The van der Waals surface area contributed by atoms with Crippen LogP contribution in [0.4, 0.5) is 17.1 Å². The Hall–Kier alpha value is -4.54. The Bertz CT molecular complexity index is 1270. The second-order valence-corrected chi connectivity index (χ2v) is 7.93. The lowest BCUT2D eigenvalue weighted by molar-refractivity contribution is -0.385. The van der Waals surface area contributed by atoms with Gasteiger partial charge in [-0.25, -0.2) is 4.79 Å². The summed E-state index contributed by atoms with van der Waals surface area (Å²) in [6, 6.07) is 11.4. The van der Waals surface area contributed by atoms with Crippen LogP contribution in [0.1, 0.15) is 32.3 Å². The molecule has 0 saturated heterocycles. The molecule has 0 heterocycles. The highest BCUT2D eigenvalue weighted by Gasteiger charge is 2.42. The predicted molar refractivity (Wildman–Crippen MR) is 130 cm³/mol. The van der Waals surface area contributed by atoms with Crippen LogP contribution in [0.15, 0.2) is 71.5 Å². The molecule has 188 valence electrons. The van der Waals surface area contributed by atoms with E-state index in [1.807, 2.05) is 0 Å². The summed E-state index contributed by atoms with van der Waals surface area (Å²) in [5.41, 5.74) is 1.14. The largest absolute Gasteiger partial charge is 0.466 e. The van der Waals surface area contributed by atoms with E-state index >= 15 is 0 Å². The van der Waals surface area contributed by atoms with Crippen molar-refractivity contribution in [2.24, 2.45) is 5.92 Å². The van der Waals surface area contributed by atoms with Gasteiger partial charge in [0.25, 0.3) is 11.4 Å². The molecule has 2 atom stereocenters. The lowest BCUT2D eigenvalue weighted by atomic mass is 9.72. The number of benzene rings is 2. The zero-order chi connectivity index (χ0) is 26.4. The molecule has 0 spiro atoms. The maximum Gasteiger partial charge on any atom is 0.336 e. The van der Waals surface area contributed by atoms with E-state index < -0.39 is 33.6 Å². The molecule has 0 aliphatic heterocycles. The van der Waals surface area contributed by atoms with Crippen molar-refractivity contribution in [3.8, 4) is 0 Å². The summed E-state index contributed by atoms with van der Waals surface area (Å²) < 4.78 is 10.6. The Morgan fingerprint density at radius 3 is 2.17 bits per heavy atom. The highest BCUT2D eigenvalue weighted by Crippen LogP contribution is 2.44. The molecule has 11 nitrogen and oxygen atoms in total. The molecule has 2 aromatic carbocycles. The number of carbonyl (C=O) groups is 2. The zero-order valence-electron chi connectivity index (χ0n) is 19.9. The predicted octanol–water partition coefficient (Wildman–Crippen LogP) is 4.66. The summed E-state index contributed by atoms with van der Waals surface area (Å²) in [7, 11) is 0. The van der Waals surface area contributed by atoms with Gasteiger partial charge in [0.15, 0.2) is 0 Å². The van der Waals surface area contributed by atoms with Gasteiger partial charge in [0.05, 0.1) is 34.6 Å². The van der Waals surface area contributed by atoms with Crippen LogP contribution in [0, 0.1) is 26.1 Å². The maximum absolute atomic E-state index is 13.3. The topological polar surface area (TPSA) is 151 Å². The number of carbonyl (C=O) groups excluding carboxylic acids is 2. The van der Waals surface area contributed by atoms with Gasteiger partial charge in [0.2, 0.25) is 0 Å². The monoisotopic (exact) mass is 495 g/mol. The molecular weight excluding hydrogens is 470 g/mol. The summed E-state index contributed by atoms with van der Waals surface area (Å²) in [4.78, 5) is 47.9. The number of hydrogen-bond acceptors (Lipinski definition) is 9. The quantitative estimate of drug-likeness (QED) is 0.297. The number of non-ortho nitro benzene ring substituents is 2. The Morgan fingerprint density at radius 1 is 0.944 bits per heavy atom. The zero-order valence-corrected chi connectivity index (χ0v) is 19.9. The van der Waals surface area contributed by atoms with Crippen LogP contribution in [0.2, 0.25) is 0 Å². The molecule has 2 unspecified atom stereocenters. The van der Waals surface area contributed by atoms with Crippen LogP contribution < -0.4 is 5.32 Å². The van der Waals surface area contributed by atoms with E-state index in [0.29, 0.717) is 16.8 Å². The lowest BCUT2D eigenvalue weighted by Crippen LogP contribution is -2.34. The van der Waals surface area contributed by atoms with Gasteiger partial charge in [0.1, 0.15) is 0 Å². The molecule has 0 saturated carbocycles. The van der Waals surface area contributed by atoms with E-state index in [-0.39, 0.29) is 35.9 Å². The molecule has 1 N–H and O–H groups in total. The smallest absolute Gasteiger partial charge is 0.336 e. The molecule has 0 radical (unpaired) electrons. The van der Waals surface area contributed by atoms with Crippen molar-refractivity contribution in [3.05, 3.63) is 97.2 Å². The Balaban J connectivity index is 2.25. The molecule has 3 rings (SSSR count). The summed E-state index contributed by atoms with van der Waals surface area (Å²) in [6.45, 7) is 5.10. The fraction of sp³-hybridized carbons (Fsp3) is 0.280. The van der Waals surface area contributed by atoms with Crippen LogP contribution in [-0.2, 0) is 19.1 Å². The number of esters is 2. The van der Waals surface area contributed by atoms with Crippen molar-refractivity contribution in [3.63, 3.8) is 0 Å². The van der Waals surface area contributed by atoms with Crippen molar-refractivity contribution >= 4 is 29.0 Å². The van der Waals surface area contributed by atoms with Crippen LogP contribution in [0.25, 0.3) is 0 Å². The number of anilines is 1. The van der Waals surface area contributed by atoms with Crippen LogP contribution in [0.3, 0.4) is 0 Å². The normalized spacial score (nSPS) is 17.1. The van der Waals surface area contributed by atoms with E-state index in [2.05, 4.69) is 5.32 Å². The SMILES string of the molecule is CCOC(=O)C1=C(Nc2cccc([N+](=O)[O-])c2)C=C(C)C(C(=O)OCC)C1c1cccc([N+](=O)[O-])c1. The van der Waals surface area contributed by atoms with Gasteiger partial charge >= 0.3 is 11.9 Å². The van der Waals surface area contributed by atoms with Gasteiger partial charge in [-0.1, -0.05) is 23.8 Å². The summed E-state index contributed by atoms with van der Waals surface area (Å²) >= 11 is 0. The summed E-state index contributed by atoms with van der Waals surface area (Å²) in [5, 5.41) is 25.7. The maximum atomic E-state index is 13.3. The second kappa shape index (κ2) is 11.3. The second-order valence-electron chi connectivity index (χ2n) is 7.93. The van der Waals surface area contributed by atoms with Gasteiger partial charge in [-0.05, 0) is 38.5 Å². The molecule has 2 aromatic rings. The molecule has 0 bridgehead atoms. The Kier molecular flexibility index (Phi) is 8.15. The Morgan fingerprint density at radius 2 is 1.56 bits per heavy atom. The fourth-order valence-corrected chi connectivity index (χ4v) is 4.14. The minimum Gasteiger partial charge on any atom is -0.466 e. The van der Waals surface area contributed by atoms with E-state index in [0.717, 1.165) is 0 Å². The van der Waals surface area contributed by atoms with Crippen molar-refractivity contribution in [2.75, 3.05) is 18.5 Å². The number of nitro groups is 2. The molecule has 1 aliphatic carbocycles. The standard InChI is InChI=1S/C25H25N3O8/c1-4-35-24(29)21-15(3)12-20(26-17-9-7-11-19(14-17)28(33)34)23(25(30)36-5-2)22(21)16-8-6-10-18(13-16)27(31)32/h6-14,21-22,26H,4-5H2,1-3H3. The van der Waals surface area contributed by atoms with Gasteiger partial charge in [-0.15, -0.1) is 0 Å². The van der Waals surface area contributed by atoms with Gasteiger partial charge < -0.3 is 14.8 Å². The number of nitro benzene ring substituents is 2. The van der Waals surface area contributed by atoms with Crippen LogP contribution in [-0.4, -0.2) is 35.0 Å². The van der Waals surface area contributed by atoms with Crippen LogP contribution in [0.5, 0.6) is 0 Å². The third-order valence-electron chi connectivity index (χ3n) is 5.61. The summed E-state index contributed by atoms with van der Waals surface area (Å²) in [5.74, 6) is -3.27. The number of rotatable bonds is 9. The first kappa shape index (κ1) is 26.1. The molecule has 11 heteroatoms. The minimum atomic E-state index is -0.978. The van der Waals surface area contributed by atoms with E-state index in [9.17, 15) is 29.8 Å². The number of ether oxygens (including phenoxy) is 2. The van der Waals surface area contributed by atoms with E-state index in [1.54, 1.807) is 39.0 Å². The van der Waals surface area contributed by atoms with E-state index in [1.165, 1.54) is 36.4 Å². The average Bonchev–Trinajstić information content (AvgIpc) is 2.84. The van der Waals surface area contributed by atoms with Crippen molar-refractivity contribution < 1.29 is 28.9 Å². The molecular formula is C25H25N3O8. The molecule has 0 fully saturated rings. The Labute approximate surface area is 206 Å². The lowest BCUT2D eigenvalue weighted by Gasteiger charge is -2.33. The van der Waals surface area contributed by atoms with Gasteiger partial charge in [-0.2, -0.15) is 0 Å². The first-order valence-electron chi connectivity index (χ1n) is 11.2. The average molecular weight is 495 g/mol. The highest BCUT2D eigenvalue weighted by atomic mass is 16.6. The fourth-order valence-electron chi connectivity index (χ4n) is 4.14. The minimum absolute atomic E-state index is 0.0425. The van der Waals surface area contributed by atoms with Gasteiger partial charge in [0, 0.05) is 41.6 Å². The summed E-state index contributed by atoms with van der Waals surface area (Å²) in [6.07, 6.45) is 1.58. The first-order chi connectivity index (χ1) is 17.2. The van der Waals surface area contributed by atoms with E-state index in [4.69, 9.17) is 9.47 Å². The third-order valence-corrected chi connectivity index (χ3v) is 5.61. The number of nitrogens with one attached hydrogen (secondary N) is 1. The molecule has 0 amide bonds. The molecule has 1 aliphatic rings. The van der Waals surface area contributed by atoms with Crippen molar-refractivity contribution in [1.29, 1.82) is 0 Å². The van der Waals surface area contributed by atoms with Crippen molar-refractivity contribution in [1.82, 2.24) is 0 Å². The van der Waals surface area contributed by atoms with Gasteiger partial charge in [-0.3, -0.25) is 25.0 Å².